The molecule has 1 aliphatic carbocycles. The van der Waals surface area contributed by atoms with E-state index in [9.17, 15) is 0 Å². The Bertz CT molecular complexity index is 1990. The molecule has 0 fully saturated rings. The molecule has 0 amide bonds. The van der Waals surface area contributed by atoms with E-state index in [1.807, 2.05) is 0 Å². The van der Waals surface area contributed by atoms with Gasteiger partial charge in [-0.05, 0) is 76.1 Å². The predicted molar refractivity (Wildman–Crippen MR) is 221 cm³/mol. The molecule has 2 unspecified atom stereocenters. The summed E-state index contributed by atoms with van der Waals surface area (Å²) in [6, 6.07) is 60.1. The van der Waals surface area contributed by atoms with E-state index in [-0.39, 0.29) is 0 Å². The Labute approximate surface area is 311 Å². The fourth-order valence-electron chi connectivity index (χ4n) is 7.32. The Hall–Kier alpha value is -5.60. The minimum absolute atomic E-state index is 0.305. The van der Waals surface area contributed by atoms with E-state index in [1.165, 1.54) is 55.9 Å². The summed E-state index contributed by atoms with van der Waals surface area (Å²) in [7, 11) is 0. The third-order valence-electron chi connectivity index (χ3n) is 10.6. The second-order valence-corrected chi connectivity index (χ2v) is 14.3. The summed E-state index contributed by atoms with van der Waals surface area (Å²) in [6.07, 6.45) is 9.04. The van der Waals surface area contributed by atoms with Crippen LogP contribution in [0.5, 0.6) is 0 Å². The van der Waals surface area contributed by atoms with E-state index in [2.05, 4.69) is 206 Å². The number of hydrogen-bond acceptors (Lipinski definition) is 2. The molecular formula is C50H50N2. The van der Waals surface area contributed by atoms with Gasteiger partial charge in [-0.15, -0.1) is 0 Å². The molecule has 2 heteroatoms. The van der Waals surface area contributed by atoms with Crippen LogP contribution >= 0.6 is 0 Å². The SMILES string of the molecule is CC(c1ccc(C(C)c2ccc(N(Cc3ccccc3)Cc3ccccc3)cc2)cc1)c1ccc(N(CC2=CC=CCC2)Cc2ccccc2)cc1. The van der Waals surface area contributed by atoms with Crippen molar-refractivity contribution in [2.24, 2.45) is 0 Å². The van der Waals surface area contributed by atoms with Crippen molar-refractivity contribution in [2.75, 3.05) is 16.3 Å². The van der Waals surface area contributed by atoms with Gasteiger partial charge in [0.2, 0.25) is 0 Å². The highest BCUT2D eigenvalue weighted by molar-refractivity contribution is 5.52. The largest absolute Gasteiger partial charge is 0.363 e. The highest BCUT2D eigenvalue weighted by Crippen LogP contribution is 2.32. The monoisotopic (exact) mass is 678 g/mol. The van der Waals surface area contributed by atoms with Gasteiger partial charge in [0.1, 0.15) is 0 Å². The quantitative estimate of drug-likeness (QED) is 0.113. The zero-order valence-electron chi connectivity index (χ0n) is 30.6. The Morgan fingerprint density at radius 3 is 1.12 bits per heavy atom. The van der Waals surface area contributed by atoms with Gasteiger partial charge in [-0.3, -0.25) is 0 Å². The average Bonchev–Trinajstić information content (AvgIpc) is 3.21. The third-order valence-corrected chi connectivity index (χ3v) is 10.6. The molecule has 52 heavy (non-hydrogen) atoms. The Morgan fingerprint density at radius 1 is 0.423 bits per heavy atom. The van der Waals surface area contributed by atoms with Crippen LogP contribution in [0.3, 0.4) is 0 Å². The van der Waals surface area contributed by atoms with Crippen LogP contribution in [0, 0.1) is 0 Å². The van der Waals surface area contributed by atoms with Crippen LogP contribution in [0.1, 0.15) is 77.5 Å². The molecule has 0 N–H and O–H groups in total. The molecule has 0 spiro atoms. The summed E-state index contributed by atoms with van der Waals surface area (Å²) in [5, 5.41) is 0. The second kappa shape index (κ2) is 17.1. The van der Waals surface area contributed by atoms with Gasteiger partial charge < -0.3 is 9.80 Å². The standard InChI is InChI=1S/C50H50N2/c1-39(47-27-31-49(32-28-47)51(35-41-15-7-3-8-16-41)36-42-17-9-4-10-18-42)45-23-25-46(26-24-45)40(2)48-29-33-50(34-30-48)52(37-43-19-11-5-12-20-43)38-44-21-13-6-14-22-44/h3-13,15-21,23-34,39-40H,14,22,35-38H2,1-2H3. The van der Waals surface area contributed by atoms with Crippen molar-refractivity contribution in [3.05, 3.63) is 227 Å². The molecule has 0 bridgehead atoms. The zero-order chi connectivity index (χ0) is 35.5. The third kappa shape index (κ3) is 9.00. The fourth-order valence-corrected chi connectivity index (χ4v) is 7.32. The van der Waals surface area contributed by atoms with Gasteiger partial charge in [-0.25, -0.2) is 0 Å². The van der Waals surface area contributed by atoms with Crippen molar-refractivity contribution in [3.63, 3.8) is 0 Å². The summed E-state index contributed by atoms with van der Waals surface area (Å²) in [5.74, 6) is 0.617. The Morgan fingerprint density at radius 2 is 0.769 bits per heavy atom. The topological polar surface area (TPSA) is 6.48 Å². The lowest BCUT2D eigenvalue weighted by molar-refractivity contribution is 0.798. The first-order valence-corrected chi connectivity index (χ1v) is 18.8. The number of nitrogens with zero attached hydrogens (tertiary/aromatic N) is 2. The van der Waals surface area contributed by atoms with Gasteiger partial charge in [0, 0.05) is 49.4 Å². The van der Waals surface area contributed by atoms with E-state index in [4.69, 9.17) is 0 Å². The van der Waals surface area contributed by atoms with Crippen LogP contribution in [-0.4, -0.2) is 6.54 Å². The van der Waals surface area contributed by atoms with Crippen LogP contribution in [0.4, 0.5) is 11.4 Å². The van der Waals surface area contributed by atoms with Crippen LogP contribution in [0.15, 0.2) is 188 Å². The zero-order valence-corrected chi connectivity index (χ0v) is 30.6. The minimum Gasteiger partial charge on any atom is -0.363 e. The van der Waals surface area contributed by atoms with E-state index in [0.29, 0.717) is 11.8 Å². The van der Waals surface area contributed by atoms with Gasteiger partial charge in [0.05, 0.1) is 0 Å². The van der Waals surface area contributed by atoms with Crippen LogP contribution in [-0.2, 0) is 19.6 Å². The number of allylic oxidation sites excluding steroid dienone is 3. The molecule has 0 radical (unpaired) electrons. The molecule has 6 aromatic rings. The first kappa shape index (κ1) is 34.8. The highest BCUT2D eigenvalue weighted by Gasteiger charge is 2.16. The van der Waals surface area contributed by atoms with Crippen LogP contribution in [0.25, 0.3) is 0 Å². The van der Waals surface area contributed by atoms with Crippen molar-refractivity contribution in [2.45, 2.75) is 58.2 Å². The molecule has 0 saturated heterocycles. The van der Waals surface area contributed by atoms with E-state index in [0.717, 1.165) is 39.0 Å². The first-order valence-electron chi connectivity index (χ1n) is 18.8. The van der Waals surface area contributed by atoms with Crippen molar-refractivity contribution in [3.8, 4) is 0 Å². The Balaban J connectivity index is 1.02. The minimum atomic E-state index is 0.305. The fraction of sp³-hybridized carbons (Fsp3) is 0.200. The summed E-state index contributed by atoms with van der Waals surface area (Å²) in [5.41, 5.74) is 13.3. The summed E-state index contributed by atoms with van der Waals surface area (Å²) in [4.78, 5) is 4.98. The van der Waals surface area contributed by atoms with Crippen molar-refractivity contribution < 1.29 is 0 Å². The van der Waals surface area contributed by atoms with E-state index in [1.54, 1.807) is 0 Å². The molecule has 2 nitrogen and oxygen atoms in total. The maximum atomic E-state index is 2.52. The number of benzene rings is 6. The lowest BCUT2D eigenvalue weighted by Crippen LogP contribution is -2.25. The molecular weight excluding hydrogens is 629 g/mol. The lowest BCUT2D eigenvalue weighted by Gasteiger charge is -2.27. The number of rotatable bonds is 14. The van der Waals surface area contributed by atoms with E-state index >= 15 is 0 Å². The molecule has 2 atom stereocenters. The van der Waals surface area contributed by atoms with Gasteiger partial charge >= 0.3 is 0 Å². The maximum absolute atomic E-state index is 2.52. The normalized spacial score (nSPS) is 13.6. The number of hydrogen-bond donors (Lipinski definition) is 0. The van der Waals surface area contributed by atoms with Gasteiger partial charge in [0.25, 0.3) is 0 Å². The molecule has 260 valence electrons. The van der Waals surface area contributed by atoms with Crippen molar-refractivity contribution in [1.82, 2.24) is 0 Å². The van der Waals surface area contributed by atoms with Crippen molar-refractivity contribution in [1.29, 1.82) is 0 Å². The van der Waals surface area contributed by atoms with E-state index < -0.39 is 0 Å². The molecule has 6 aromatic carbocycles. The Kier molecular flexibility index (Phi) is 11.4. The summed E-state index contributed by atoms with van der Waals surface area (Å²) in [6.45, 7) is 8.24. The van der Waals surface area contributed by atoms with Crippen LogP contribution in [0.2, 0.25) is 0 Å². The lowest BCUT2D eigenvalue weighted by atomic mass is 9.88. The molecule has 0 heterocycles. The maximum Gasteiger partial charge on any atom is 0.0433 e. The summed E-state index contributed by atoms with van der Waals surface area (Å²) < 4.78 is 0. The van der Waals surface area contributed by atoms with Gasteiger partial charge in [-0.1, -0.05) is 177 Å². The molecule has 0 aliphatic heterocycles. The number of anilines is 2. The predicted octanol–water partition coefficient (Wildman–Crippen LogP) is 12.5. The second-order valence-electron chi connectivity index (χ2n) is 14.3. The molecule has 0 aromatic heterocycles. The summed E-state index contributed by atoms with van der Waals surface area (Å²) >= 11 is 0. The average molecular weight is 679 g/mol. The molecule has 0 saturated carbocycles. The van der Waals surface area contributed by atoms with Gasteiger partial charge in [-0.2, -0.15) is 0 Å². The first-order chi connectivity index (χ1) is 25.6. The molecule has 1 aliphatic rings. The highest BCUT2D eigenvalue weighted by atomic mass is 15.1. The van der Waals surface area contributed by atoms with Crippen molar-refractivity contribution >= 4 is 11.4 Å². The van der Waals surface area contributed by atoms with Gasteiger partial charge in [0.15, 0.2) is 0 Å². The van der Waals surface area contributed by atoms with Crippen LogP contribution < -0.4 is 9.80 Å². The molecule has 7 rings (SSSR count). The smallest absolute Gasteiger partial charge is 0.0433 e.